The molecular formula is C19H19Cl2NO. The molecule has 0 amide bonds. The number of para-hydroxylation sites is 1. The molecule has 0 aliphatic carbocycles. The van der Waals surface area contributed by atoms with Gasteiger partial charge in [-0.2, -0.15) is 0 Å². The molecule has 0 atom stereocenters. The van der Waals surface area contributed by atoms with Crippen molar-refractivity contribution < 1.29 is 4.42 Å². The zero-order chi connectivity index (χ0) is 15.4. The van der Waals surface area contributed by atoms with E-state index in [-0.39, 0.29) is 12.4 Å². The van der Waals surface area contributed by atoms with E-state index in [0.717, 1.165) is 34.6 Å². The van der Waals surface area contributed by atoms with Crippen LogP contribution in [0.2, 0.25) is 5.02 Å². The Morgan fingerprint density at radius 1 is 1.09 bits per heavy atom. The molecule has 4 heteroatoms. The van der Waals surface area contributed by atoms with Crippen molar-refractivity contribution in [2.24, 2.45) is 0 Å². The molecule has 3 rings (SSSR count). The van der Waals surface area contributed by atoms with Crippen molar-refractivity contribution in [3.8, 4) is 0 Å². The summed E-state index contributed by atoms with van der Waals surface area (Å²) in [5, 5.41) is 1.92. The van der Waals surface area contributed by atoms with Crippen LogP contribution in [0.4, 0.5) is 0 Å². The van der Waals surface area contributed by atoms with Crippen LogP contribution in [0.5, 0.6) is 0 Å². The van der Waals surface area contributed by atoms with Crippen LogP contribution >= 0.6 is 24.0 Å². The van der Waals surface area contributed by atoms with Gasteiger partial charge in [0.05, 0.1) is 6.26 Å². The molecule has 0 aliphatic rings. The van der Waals surface area contributed by atoms with E-state index in [0.29, 0.717) is 0 Å². The lowest BCUT2D eigenvalue weighted by molar-refractivity contribution is 0.363. The zero-order valence-corrected chi connectivity index (χ0v) is 14.5. The molecule has 0 radical (unpaired) electrons. The van der Waals surface area contributed by atoms with Gasteiger partial charge in [0.25, 0.3) is 0 Å². The van der Waals surface area contributed by atoms with E-state index in [2.05, 4.69) is 42.3 Å². The maximum atomic E-state index is 5.88. The van der Waals surface area contributed by atoms with Crippen LogP contribution in [-0.4, -0.2) is 18.5 Å². The van der Waals surface area contributed by atoms with Crippen molar-refractivity contribution in [1.29, 1.82) is 0 Å². The van der Waals surface area contributed by atoms with Crippen molar-refractivity contribution in [2.75, 3.05) is 13.6 Å². The van der Waals surface area contributed by atoms with E-state index in [1.165, 1.54) is 5.56 Å². The Morgan fingerprint density at radius 2 is 1.87 bits per heavy atom. The van der Waals surface area contributed by atoms with Crippen molar-refractivity contribution in [3.05, 3.63) is 77.0 Å². The van der Waals surface area contributed by atoms with Gasteiger partial charge in [0, 0.05) is 29.1 Å². The van der Waals surface area contributed by atoms with Crippen LogP contribution in [0, 0.1) is 0 Å². The lowest BCUT2D eigenvalue weighted by atomic mass is 10.1. The Balaban J connectivity index is 0.00000192. The Labute approximate surface area is 147 Å². The summed E-state index contributed by atoms with van der Waals surface area (Å²) >= 11 is 5.88. The first-order valence-electron chi connectivity index (χ1n) is 7.28. The number of benzene rings is 2. The molecule has 0 saturated carbocycles. The van der Waals surface area contributed by atoms with Gasteiger partial charge in [0.1, 0.15) is 5.58 Å². The van der Waals surface area contributed by atoms with Crippen LogP contribution in [0.3, 0.4) is 0 Å². The first-order valence-corrected chi connectivity index (χ1v) is 7.66. The van der Waals surface area contributed by atoms with Gasteiger partial charge >= 0.3 is 0 Å². The fourth-order valence-corrected chi connectivity index (χ4v) is 2.60. The van der Waals surface area contributed by atoms with Gasteiger partial charge in [-0.1, -0.05) is 54.1 Å². The van der Waals surface area contributed by atoms with Crippen molar-refractivity contribution in [2.45, 2.75) is 6.54 Å². The van der Waals surface area contributed by atoms with Crippen molar-refractivity contribution in [3.63, 3.8) is 0 Å². The standard InChI is InChI=1S/C19H18ClNO.ClH/c1-21(12-3-4-15-7-9-18(20)10-8-15)14-17-6-2-5-16-11-13-22-19(16)17;/h2-11,13H,12,14H2,1H3;1H/b4-3+;. The van der Waals surface area contributed by atoms with Gasteiger partial charge in [-0.3, -0.25) is 4.90 Å². The number of likely N-dealkylation sites (N-methyl/N-ethyl adjacent to an activating group) is 1. The Bertz CT molecular complexity index is 777. The third kappa shape index (κ3) is 4.61. The predicted octanol–water partition coefficient (Wildman–Crippen LogP) is 5.65. The highest BCUT2D eigenvalue weighted by molar-refractivity contribution is 6.30. The number of furan rings is 1. The van der Waals surface area contributed by atoms with E-state index in [1.807, 2.05) is 30.3 Å². The third-order valence-corrected chi connectivity index (χ3v) is 3.85. The Morgan fingerprint density at radius 3 is 2.65 bits per heavy atom. The van der Waals surface area contributed by atoms with Crippen molar-refractivity contribution >= 4 is 41.1 Å². The van der Waals surface area contributed by atoms with Crippen LogP contribution in [0.1, 0.15) is 11.1 Å². The second kappa shape index (κ2) is 8.21. The highest BCUT2D eigenvalue weighted by Crippen LogP contribution is 2.20. The fourth-order valence-electron chi connectivity index (χ4n) is 2.48. The number of nitrogens with zero attached hydrogens (tertiary/aromatic N) is 1. The fraction of sp³-hybridized carbons (Fsp3) is 0.158. The minimum absolute atomic E-state index is 0. The first kappa shape index (κ1) is 17.6. The molecule has 1 heterocycles. The number of fused-ring (bicyclic) bond motifs is 1. The minimum Gasteiger partial charge on any atom is -0.464 e. The highest BCUT2D eigenvalue weighted by Gasteiger charge is 2.05. The summed E-state index contributed by atoms with van der Waals surface area (Å²) in [6, 6.07) is 16.1. The normalized spacial score (nSPS) is 11.3. The lowest BCUT2D eigenvalue weighted by Crippen LogP contribution is -2.17. The van der Waals surface area contributed by atoms with E-state index in [1.54, 1.807) is 6.26 Å². The molecule has 0 spiro atoms. The van der Waals surface area contributed by atoms with Crippen LogP contribution < -0.4 is 0 Å². The van der Waals surface area contributed by atoms with E-state index in [4.69, 9.17) is 16.0 Å². The highest BCUT2D eigenvalue weighted by atomic mass is 35.5. The quantitative estimate of drug-likeness (QED) is 0.592. The molecule has 0 bridgehead atoms. The van der Waals surface area contributed by atoms with Gasteiger partial charge < -0.3 is 4.42 Å². The predicted molar refractivity (Wildman–Crippen MR) is 100 cm³/mol. The van der Waals surface area contributed by atoms with Gasteiger partial charge in [-0.05, 0) is 30.8 Å². The van der Waals surface area contributed by atoms with Crippen LogP contribution in [-0.2, 0) is 6.54 Å². The average Bonchev–Trinajstić information content (AvgIpc) is 2.99. The zero-order valence-electron chi connectivity index (χ0n) is 12.9. The van der Waals surface area contributed by atoms with Gasteiger partial charge in [-0.25, -0.2) is 0 Å². The number of hydrogen-bond acceptors (Lipinski definition) is 2. The molecule has 0 fully saturated rings. The van der Waals surface area contributed by atoms with Gasteiger partial charge in [0.15, 0.2) is 0 Å². The first-order chi connectivity index (χ1) is 10.7. The topological polar surface area (TPSA) is 16.4 Å². The summed E-state index contributed by atoms with van der Waals surface area (Å²) < 4.78 is 5.58. The summed E-state index contributed by atoms with van der Waals surface area (Å²) in [7, 11) is 2.11. The molecule has 120 valence electrons. The lowest BCUT2D eigenvalue weighted by Gasteiger charge is -2.14. The van der Waals surface area contributed by atoms with E-state index < -0.39 is 0 Å². The molecule has 3 aromatic rings. The third-order valence-electron chi connectivity index (χ3n) is 3.60. The van der Waals surface area contributed by atoms with Gasteiger partial charge in [-0.15, -0.1) is 12.4 Å². The molecule has 1 aromatic heterocycles. The maximum absolute atomic E-state index is 5.88. The molecule has 0 N–H and O–H groups in total. The van der Waals surface area contributed by atoms with E-state index in [9.17, 15) is 0 Å². The number of hydrogen-bond donors (Lipinski definition) is 0. The van der Waals surface area contributed by atoms with Crippen LogP contribution in [0.15, 0.2) is 65.3 Å². The summed E-state index contributed by atoms with van der Waals surface area (Å²) in [5.41, 5.74) is 3.35. The van der Waals surface area contributed by atoms with Crippen molar-refractivity contribution in [1.82, 2.24) is 4.90 Å². The molecular weight excluding hydrogens is 329 g/mol. The molecule has 23 heavy (non-hydrogen) atoms. The molecule has 2 nitrogen and oxygen atoms in total. The largest absolute Gasteiger partial charge is 0.464 e. The molecule has 0 saturated heterocycles. The molecule has 2 aromatic carbocycles. The second-order valence-electron chi connectivity index (χ2n) is 5.41. The minimum atomic E-state index is 0. The summed E-state index contributed by atoms with van der Waals surface area (Å²) in [6.45, 7) is 1.73. The summed E-state index contributed by atoms with van der Waals surface area (Å²) in [4.78, 5) is 2.25. The Hall–Kier alpha value is -1.74. The summed E-state index contributed by atoms with van der Waals surface area (Å²) in [6.07, 6.45) is 6.01. The number of halogens is 2. The monoisotopic (exact) mass is 347 g/mol. The average molecular weight is 348 g/mol. The van der Waals surface area contributed by atoms with Crippen LogP contribution in [0.25, 0.3) is 17.0 Å². The van der Waals surface area contributed by atoms with Gasteiger partial charge in [0.2, 0.25) is 0 Å². The SMILES string of the molecule is CN(C/C=C/c1ccc(Cl)cc1)Cc1cccc2ccoc12.Cl. The second-order valence-corrected chi connectivity index (χ2v) is 5.84. The smallest absolute Gasteiger partial charge is 0.138 e. The summed E-state index contributed by atoms with van der Waals surface area (Å²) in [5.74, 6) is 0. The Kier molecular flexibility index (Phi) is 6.28. The molecule has 0 aliphatic heterocycles. The molecule has 0 unspecified atom stereocenters. The maximum Gasteiger partial charge on any atom is 0.138 e. The van der Waals surface area contributed by atoms with E-state index >= 15 is 0 Å². The number of rotatable bonds is 5.